The Labute approximate surface area is 469 Å². The normalized spacial score (nSPS) is 47.8. The van der Waals surface area contributed by atoms with E-state index in [1.165, 1.54) is 6.92 Å². The quantitative estimate of drug-likeness (QED) is 0.0262. The van der Waals surface area contributed by atoms with Gasteiger partial charge in [0.2, 0.25) is 0 Å². The van der Waals surface area contributed by atoms with E-state index < -0.39 is 181 Å². The topological polar surface area (TPSA) is 337 Å². The molecule has 0 radical (unpaired) electrons. The first-order valence-corrected chi connectivity index (χ1v) is 28.9. The molecule has 8 rings (SSSR count). The van der Waals surface area contributed by atoms with Gasteiger partial charge in [-0.3, -0.25) is 4.79 Å². The lowest BCUT2D eigenvalue weighted by atomic mass is 9.33. The van der Waals surface area contributed by atoms with Crippen molar-refractivity contribution in [1.29, 1.82) is 0 Å². The summed E-state index contributed by atoms with van der Waals surface area (Å²) in [6.45, 7) is 19.5. The van der Waals surface area contributed by atoms with Crippen LogP contribution < -0.4 is 0 Å². The number of esters is 3. The summed E-state index contributed by atoms with van der Waals surface area (Å²) in [4.78, 5) is 40.4. The number of aliphatic hydroxyl groups excluding tert-OH is 10. The van der Waals surface area contributed by atoms with Gasteiger partial charge >= 0.3 is 17.9 Å². The lowest BCUT2D eigenvalue weighted by Crippen LogP contribution is -2.72. The van der Waals surface area contributed by atoms with Crippen LogP contribution in [0.1, 0.15) is 134 Å². The molecule has 0 aromatic heterocycles. The lowest BCUT2D eigenvalue weighted by molar-refractivity contribution is -0.386. The van der Waals surface area contributed by atoms with Crippen molar-refractivity contribution in [3.63, 3.8) is 0 Å². The van der Waals surface area contributed by atoms with Crippen molar-refractivity contribution in [1.82, 2.24) is 0 Å². The van der Waals surface area contributed by atoms with Gasteiger partial charge in [0.1, 0.15) is 67.1 Å². The van der Waals surface area contributed by atoms with Gasteiger partial charge in [0.25, 0.3) is 0 Å². The number of hydrogen-bond donors (Lipinski definition) is 10. The Morgan fingerprint density at radius 3 is 1.90 bits per heavy atom. The van der Waals surface area contributed by atoms with Gasteiger partial charge in [-0.05, 0) is 105 Å². The average Bonchev–Trinajstić information content (AvgIpc) is 3.81. The smallest absolute Gasteiger partial charge is 0.338 e. The molecule has 80 heavy (non-hydrogen) atoms. The van der Waals surface area contributed by atoms with Gasteiger partial charge in [-0.15, -0.1) is 0 Å². The van der Waals surface area contributed by atoms with E-state index in [-0.39, 0.29) is 30.3 Å². The first kappa shape index (κ1) is 63.3. The second-order valence-electron chi connectivity index (χ2n) is 26.4. The maximum Gasteiger partial charge on any atom is 0.338 e. The van der Waals surface area contributed by atoms with Crippen LogP contribution in [0.2, 0.25) is 0 Å². The fraction of sp³-hybridized carbons (Fsp3) is 0.879. The molecule has 22 heteroatoms. The Bertz CT molecular complexity index is 2290. The highest BCUT2D eigenvalue weighted by atomic mass is 16.8. The van der Waals surface area contributed by atoms with E-state index in [1.807, 2.05) is 20.8 Å². The zero-order valence-corrected chi connectivity index (χ0v) is 48.3. The van der Waals surface area contributed by atoms with Crippen molar-refractivity contribution in [2.24, 2.45) is 50.2 Å². The number of unbranched alkanes of at least 4 members (excludes halogenated alkanes) is 1. The molecule has 0 aromatic carbocycles. The second-order valence-corrected chi connectivity index (χ2v) is 26.4. The largest absolute Gasteiger partial charge is 0.464 e. The molecule has 8 aliphatic rings. The maximum absolute atomic E-state index is 13.9. The summed E-state index contributed by atoms with van der Waals surface area (Å²) < 4.78 is 55.4. The molecule has 4 saturated carbocycles. The van der Waals surface area contributed by atoms with Crippen LogP contribution in [0.15, 0.2) is 23.3 Å². The van der Waals surface area contributed by atoms with Crippen LogP contribution in [0, 0.1) is 50.2 Å². The number of hydrogen-bond acceptors (Lipinski definition) is 22. The predicted molar refractivity (Wildman–Crippen MR) is 280 cm³/mol. The molecule has 10 N–H and O–H groups in total. The molecular weight excluding hydrogens is 1050 g/mol. The fourth-order valence-electron chi connectivity index (χ4n) is 16.4. The number of fused-ring (bicyclic) bond motifs is 7. The second kappa shape index (κ2) is 23.6. The summed E-state index contributed by atoms with van der Waals surface area (Å²) in [5.74, 6) is -2.63. The molecule has 7 fully saturated rings. The molecular formula is C58H92O22. The summed E-state index contributed by atoms with van der Waals surface area (Å²) in [6, 6.07) is 0. The maximum atomic E-state index is 13.9. The zero-order chi connectivity index (χ0) is 59.0. The Balaban J connectivity index is 1.14. The van der Waals surface area contributed by atoms with Crippen molar-refractivity contribution in [3.05, 3.63) is 23.3 Å². The zero-order valence-electron chi connectivity index (χ0n) is 48.3. The van der Waals surface area contributed by atoms with Gasteiger partial charge in [0.05, 0.1) is 44.1 Å². The summed E-state index contributed by atoms with van der Waals surface area (Å²) in [5, 5.41) is 111. The summed E-state index contributed by atoms with van der Waals surface area (Å²) in [7, 11) is 0. The molecule has 5 aliphatic carbocycles. The molecule has 3 heterocycles. The minimum atomic E-state index is -1.97. The third-order valence-electron chi connectivity index (χ3n) is 21.3. The molecule has 3 saturated heterocycles. The number of ether oxygens (including phenoxy) is 9. The van der Waals surface area contributed by atoms with Crippen molar-refractivity contribution >= 4 is 17.9 Å². The van der Waals surface area contributed by atoms with Crippen LogP contribution in [-0.2, 0) is 57.0 Å². The van der Waals surface area contributed by atoms with Gasteiger partial charge in [0.15, 0.2) is 31.1 Å². The van der Waals surface area contributed by atoms with E-state index in [2.05, 4.69) is 40.7 Å². The van der Waals surface area contributed by atoms with E-state index in [4.69, 9.17) is 42.6 Å². The number of aliphatic hydroxyl groups is 10. The van der Waals surface area contributed by atoms with E-state index in [0.29, 0.717) is 56.9 Å². The Morgan fingerprint density at radius 2 is 1.31 bits per heavy atom. The monoisotopic (exact) mass is 1140 g/mol. The third kappa shape index (κ3) is 10.4. The average molecular weight is 1140 g/mol. The standard InChI is InChI=1S/C58H92O22/c1-12-14-21-72-49(71)44-42(69)43(77-50-40(67)38(65)32(25-60)75-50)45(79-51-41(68)39(66)37(64)31(24-59)74-51)52(78-44)76-36-18-19-55(9)33(54(36,7)8)17-20-56(10)34(55)16-15-29-30-22-53(5,6)46(73-28(4)62)47(80-48(70)27(3)13-2)58(30,26-61)35(63)23-57(29,56)11/h13,15,30-47,50-52,59-61,63-69H,12,14,16-26H2,1-11H3/b27-13-/t30?,31?,32-,33?,34?,35+,36-,37-,38?,39+,40-,41?,42-,43+,44?,45?,46-,47-,50-,51-,52+,55-,56+,57+,58-/m0/s1. The van der Waals surface area contributed by atoms with Crippen molar-refractivity contribution in [2.75, 3.05) is 26.4 Å². The highest BCUT2D eigenvalue weighted by molar-refractivity contribution is 5.88. The molecule has 456 valence electrons. The molecule has 25 atom stereocenters. The van der Waals surface area contributed by atoms with E-state index in [0.717, 1.165) is 5.57 Å². The Hall–Kier alpha value is -2.75. The van der Waals surface area contributed by atoms with E-state index in [1.54, 1.807) is 19.9 Å². The first-order chi connectivity index (χ1) is 37.5. The molecule has 0 amide bonds. The highest BCUT2D eigenvalue weighted by Gasteiger charge is 2.74. The van der Waals surface area contributed by atoms with E-state index >= 15 is 0 Å². The fourth-order valence-corrected chi connectivity index (χ4v) is 16.4. The minimum absolute atomic E-state index is 0.0205. The van der Waals surface area contributed by atoms with Gasteiger partial charge in [-0.1, -0.05) is 79.5 Å². The highest BCUT2D eigenvalue weighted by Crippen LogP contribution is 2.76. The number of carbonyl (C=O) groups is 3. The summed E-state index contributed by atoms with van der Waals surface area (Å²) in [5.41, 5.74) is -2.83. The molecule has 0 aromatic rings. The van der Waals surface area contributed by atoms with Gasteiger partial charge in [-0.25, -0.2) is 9.59 Å². The molecule has 22 nitrogen and oxygen atoms in total. The van der Waals surface area contributed by atoms with Crippen LogP contribution in [0.4, 0.5) is 0 Å². The van der Waals surface area contributed by atoms with Crippen LogP contribution in [0.3, 0.4) is 0 Å². The third-order valence-corrected chi connectivity index (χ3v) is 21.3. The van der Waals surface area contributed by atoms with Crippen molar-refractivity contribution in [3.8, 4) is 0 Å². The van der Waals surface area contributed by atoms with Gasteiger partial charge < -0.3 is 93.7 Å². The van der Waals surface area contributed by atoms with Crippen LogP contribution >= 0.6 is 0 Å². The van der Waals surface area contributed by atoms with Crippen LogP contribution in [0.5, 0.6) is 0 Å². The molecule has 3 aliphatic heterocycles. The van der Waals surface area contributed by atoms with Crippen molar-refractivity contribution < 1.29 is 108 Å². The number of rotatable bonds is 16. The SMILES string of the molecule is C/C=C(/C)C(=O)O[C@H]1[C@H](OC(C)=O)C(C)(C)CC2C3=CCC4[C@@]5(C)CC[C@H](O[C@@H]6OC(C(=O)OCCCC)[C@@H](O)[C@@H](O[C@@H]7O[C@@H](CO)C(O)[C@@H]7O)C6O[C@@H]6OC(CO)[C@H](O)[C@@H](O)C6O)C(C)(C)C5CC[C@@]4(C)[C@]3(C)C[C@@H](O)[C@]21CO. The van der Waals surface area contributed by atoms with Gasteiger partial charge in [0, 0.05) is 17.9 Å². The Kier molecular flexibility index (Phi) is 18.7. The number of allylic oxidation sites excluding steroid dienone is 3. The van der Waals surface area contributed by atoms with E-state index in [9.17, 15) is 65.4 Å². The first-order valence-electron chi connectivity index (χ1n) is 28.9. The predicted octanol–water partition coefficient (Wildman–Crippen LogP) is 1.60. The van der Waals surface area contributed by atoms with Gasteiger partial charge in [-0.2, -0.15) is 0 Å². The number of carbonyl (C=O) groups excluding carboxylic acids is 3. The summed E-state index contributed by atoms with van der Waals surface area (Å²) >= 11 is 0. The Morgan fingerprint density at radius 1 is 0.700 bits per heavy atom. The molecule has 0 bridgehead atoms. The molecule has 8 unspecified atom stereocenters. The summed E-state index contributed by atoms with van der Waals surface area (Å²) in [6.07, 6.45) is -19.4. The minimum Gasteiger partial charge on any atom is -0.464 e. The lowest BCUT2D eigenvalue weighted by Gasteiger charge is -2.72. The molecule has 0 spiro atoms. The van der Waals surface area contributed by atoms with Crippen LogP contribution in [0.25, 0.3) is 0 Å². The van der Waals surface area contributed by atoms with Crippen LogP contribution in [-0.4, -0.2) is 206 Å². The van der Waals surface area contributed by atoms with Crippen molar-refractivity contribution in [2.45, 2.75) is 244 Å².